The van der Waals surface area contributed by atoms with E-state index in [0.717, 1.165) is 0 Å². The first kappa shape index (κ1) is 24.5. The van der Waals surface area contributed by atoms with E-state index >= 15 is 0 Å². The van der Waals surface area contributed by atoms with Crippen LogP contribution in [0.2, 0.25) is 10.2 Å². The van der Waals surface area contributed by atoms with Crippen molar-refractivity contribution < 1.29 is 14.7 Å². The number of hydrogen-bond acceptors (Lipinski definition) is 4. The second-order valence-corrected chi connectivity index (χ2v) is 10.1. The Morgan fingerprint density at radius 3 is 2.41 bits per heavy atom. The number of aliphatic hydroxyl groups is 1. The minimum Gasteiger partial charge on any atom is -0.384 e. The lowest BCUT2D eigenvalue weighted by atomic mass is 9.66. The van der Waals surface area contributed by atoms with Gasteiger partial charge < -0.3 is 15.3 Å². The number of nitrogens with one attached hydrogen (secondary N) is 1. The van der Waals surface area contributed by atoms with Crippen LogP contribution in [0.15, 0.2) is 42.6 Å². The van der Waals surface area contributed by atoms with Crippen molar-refractivity contribution in [2.75, 3.05) is 13.1 Å². The van der Waals surface area contributed by atoms with Gasteiger partial charge in [-0.05, 0) is 30.5 Å². The van der Waals surface area contributed by atoms with Crippen LogP contribution in [-0.4, -0.2) is 45.9 Å². The van der Waals surface area contributed by atoms with Gasteiger partial charge in [0.25, 0.3) is 5.91 Å². The largest absolute Gasteiger partial charge is 0.384 e. The smallest absolute Gasteiger partial charge is 0.253 e. The van der Waals surface area contributed by atoms with E-state index in [2.05, 4.69) is 10.3 Å². The van der Waals surface area contributed by atoms with Crippen molar-refractivity contribution in [3.63, 3.8) is 0 Å². The molecule has 1 aliphatic rings. The molecule has 1 fully saturated rings. The minimum atomic E-state index is -1.17. The van der Waals surface area contributed by atoms with Gasteiger partial charge in [0.2, 0.25) is 5.91 Å². The van der Waals surface area contributed by atoms with Crippen molar-refractivity contribution in [2.45, 2.75) is 45.8 Å². The predicted molar refractivity (Wildman–Crippen MR) is 126 cm³/mol. The van der Waals surface area contributed by atoms with Crippen LogP contribution < -0.4 is 5.32 Å². The summed E-state index contributed by atoms with van der Waals surface area (Å²) in [7, 11) is 0. The molecule has 0 spiro atoms. The standard InChI is InChI=1S/C24H29Cl2N3O3/c1-15(2)20(28-21(30)16-9-10-19(26)27-13-16)22(31)29-12-11-24(32,23(3,4)14-29)17-7-5-6-8-18(17)25/h5-10,13,15,20,32H,11-12,14H2,1-4H3,(H,28,30). The van der Waals surface area contributed by atoms with Crippen molar-refractivity contribution in [3.8, 4) is 0 Å². The van der Waals surface area contributed by atoms with E-state index < -0.39 is 17.1 Å². The summed E-state index contributed by atoms with van der Waals surface area (Å²) in [4.78, 5) is 31.8. The van der Waals surface area contributed by atoms with Gasteiger partial charge in [-0.2, -0.15) is 0 Å². The van der Waals surface area contributed by atoms with E-state index in [0.29, 0.717) is 40.8 Å². The average Bonchev–Trinajstić information content (AvgIpc) is 2.73. The molecule has 1 aromatic carbocycles. The molecule has 6 nitrogen and oxygen atoms in total. The van der Waals surface area contributed by atoms with Gasteiger partial charge in [-0.15, -0.1) is 0 Å². The number of rotatable bonds is 5. The summed E-state index contributed by atoms with van der Waals surface area (Å²) in [5.74, 6) is -0.686. The fraction of sp³-hybridized carbons (Fsp3) is 0.458. The number of hydrogen-bond donors (Lipinski definition) is 2. The minimum absolute atomic E-state index is 0.126. The number of carbonyl (C=O) groups is 2. The topological polar surface area (TPSA) is 82.5 Å². The summed E-state index contributed by atoms with van der Waals surface area (Å²) in [6.45, 7) is 8.31. The Hall–Kier alpha value is -2.15. The fourth-order valence-electron chi connectivity index (χ4n) is 4.25. The van der Waals surface area contributed by atoms with Crippen molar-refractivity contribution in [2.24, 2.45) is 11.3 Å². The number of benzene rings is 1. The number of carbonyl (C=O) groups excluding carboxylic acids is 2. The second kappa shape index (κ2) is 9.38. The van der Waals surface area contributed by atoms with Crippen LogP contribution in [0, 0.1) is 11.3 Å². The van der Waals surface area contributed by atoms with Crippen LogP contribution in [0.3, 0.4) is 0 Å². The Kier molecular flexibility index (Phi) is 7.18. The van der Waals surface area contributed by atoms with Crippen LogP contribution in [-0.2, 0) is 10.4 Å². The highest BCUT2D eigenvalue weighted by Crippen LogP contribution is 2.48. The number of pyridine rings is 1. The van der Waals surface area contributed by atoms with Gasteiger partial charge in [-0.3, -0.25) is 9.59 Å². The van der Waals surface area contributed by atoms with E-state index in [1.54, 1.807) is 17.0 Å². The molecule has 1 saturated heterocycles. The number of aromatic nitrogens is 1. The van der Waals surface area contributed by atoms with Gasteiger partial charge in [-0.25, -0.2) is 4.98 Å². The summed E-state index contributed by atoms with van der Waals surface area (Å²) < 4.78 is 0. The molecule has 32 heavy (non-hydrogen) atoms. The Morgan fingerprint density at radius 1 is 1.16 bits per heavy atom. The zero-order valence-corrected chi connectivity index (χ0v) is 20.2. The Morgan fingerprint density at radius 2 is 1.84 bits per heavy atom. The van der Waals surface area contributed by atoms with Crippen LogP contribution in [0.5, 0.6) is 0 Å². The molecule has 3 rings (SSSR count). The molecule has 2 heterocycles. The highest BCUT2D eigenvalue weighted by molar-refractivity contribution is 6.31. The van der Waals surface area contributed by atoms with E-state index in [9.17, 15) is 14.7 Å². The molecule has 8 heteroatoms. The van der Waals surface area contributed by atoms with Gasteiger partial charge >= 0.3 is 0 Å². The number of amides is 2. The maximum absolute atomic E-state index is 13.4. The van der Waals surface area contributed by atoms with Gasteiger partial charge in [0.05, 0.1) is 11.2 Å². The molecule has 0 radical (unpaired) electrons. The lowest BCUT2D eigenvalue weighted by molar-refractivity contribution is -0.155. The maximum Gasteiger partial charge on any atom is 0.253 e. The van der Waals surface area contributed by atoms with Crippen molar-refractivity contribution in [1.29, 1.82) is 0 Å². The second-order valence-electron chi connectivity index (χ2n) is 9.30. The molecule has 2 amide bonds. The van der Waals surface area contributed by atoms with Gasteiger partial charge in [-0.1, -0.05) is 69.1 Å². The predicted octanol–water partition coefficient (Wildman–Crippen LogP) is 4.29. The molecule has 0 saturated carbocycles. The molecule has 1 aromatic heterocycles. The van der Waals surface area contributed by atoms with E-state index in [1.165, 1.54) is 12.3 Å². The summed E-state index contributed by atoms with van der Waals surface area (Å²) in [5, 5.41) is 15.2. The highest BCUT2D eigenvalue weighted by Gasteiger charge is 2.51. The van der Waals surface area contributed by atoms with Crippen molar-refractivity contribution >= 4 is 35.0 Å². The van der Waals surface area contributed by atoms with Crippen LogP contribution in [0.1, 0.15) is 50.0 Å². The molecule has 2 N–H and O–H groups in total. The molecule has 172 valence electrons. The maximum atomic E-state index is 13.4. The normalized spacial score (nSPS) is 21.3. The summed E-state index contributed by atoms with van der Waals surface area (Å²) in [5.41, 5.74) is -0.826. The highest BCUT2D eigenvalue weighted by atomic mass is 35.5. The van der Waals surface area contributed by atoms with Crippen molar-refractivity contribution in [1.82, 2.24) is 15.2 Å². The average molecular weight is 478 g/mol. The summed E-state index contributed by atoms with van der Waals surface area (Å²) in [6, 6.07) is 9.67. The zero-order valence-electron chi connectivity index (χ0n) is 18.7. The summed E-state index contributed by atoms with van der Waals surface area (Å²) in [6.07, 6.45) is 1.72. The van der Waals surface area contributed by atoms with E-state index in [1.807, 2.05) is 45.9 Å². The zero-order chi connectivity index (χ0) is 23.7. The number of piperidine rings is 1. The van der Waals surface area contributed by atoms with E-state index in [4.69, 9.17) is 23.2 Å². The first-order chi connectivity index (χ1) is 15.0. The number of halogens is 2. The molecule has 2 unspecified atom stereocenters. The van der Waals surface area contributed by atoms with Crippen LogP contribution in [0.25, 0.3) is 0 Å². The SMILES string of the molecule is CC(C)C(NC(=O)c1ccc(Cl)nc1)C(=O)N1CCC(O)(c2ccccc2Cl)C(C)(C)C1. The molecule has 0 bridgehead atoms. The molecular formula is C24H29Cl2N3O3. The fourth-order valence-corrected chi connectivity index (χ4v) is 4.65. The van der Waals surface area contributed by atoms with Gasteiger partial charge in [0, 0.05) is 35.3 Å². The van der Waals surface area contributed by atoms with Crippen molar-refractivity contribution in [3.05, 3.63) is 63.9 Å². The monoisotopic (exact) mass is 477 g/mol. The first-order valence-electron chi connectivity index (χ1n) is 10.6. The van der Waals surface area contributed by atoms with E-state index in [-0.39, 0.29) is 17.7 Å². The van der Waals surface area contributed by atoms with Crippen LogP contribution >= 0.6 is 23.2 Å². The third kappa shape index (κ3) is 4.77. The third-order valence-corrected chi connectivity index (χ3v) is 6.84. The first-order valence-corrected chi connectivity index (χ1v) is 11.4. The lowest BCUT2D eigenvalue weighted by Gasteiger charge is -2.51. The quantitative estimate of drug-likeness (QED) is 0.629. The molecule has 0 aliphatic carbocycles. The van der Waals surface area contributed by atoms with Gasteiger partial charge in [0.15, 0.2) is 0 Å². The number of likely N-dealkylation sites (tertiary alicyclic amines) is 1. The third-order valence-electron chi connectivity index (χ3n) is 6.29. The Labute approximate surface area is 198 Å². The molecule has 2 atom stereocenters. The Balaban J connectivity index is 1.78. The number of nitrogens with zero attached hydrogens (tertiary/aromatic N) is 2. The lowest BCUT2D eigenvalue weighted by Crippen LogP contribution is -2.60. The molecular weight excluding hydrogens is 449 g/mol. The molecule has 2 aromatic rings. The summed E-state index contributed by atoms with van der Waals surface area (Å²) >= 11 is 12.2. The molecule has 1 aliphatic heterocycles. The van der Waals surface area contributed by atoms with Gasteiger partial charge in [0.1, 0.15) is 11.2 Å². The van der Waals surface area contributed by atoms with Crippen LogP contribution in [0.4, 0.5) is 0 Å². The Bertz CT molecular complexity index is 994.